The molecule has 0 saturated carbocycles. The quantitative estimate of drug-likeness (QED) is 0.693. The van der Waals surface area contributed by atoms with Gasteiger partial charge in [-0.25, -0.2) is 14.3 Å². The van der Waals surface area contributed by atoms with Gasteiger partial charge in [-0.05, 0) is 36.4 Å². The van der Waals surface area contributed by atoms with Gasteiger partial charge in [0.1, 0.15) is 5.69 Å². The van der Waals surface area contributed by atoms with Gasteiger partial charge in [0.25, 0.3) is 0 Å². The Balaban J connectivity index is 2.00. The summed E-state index contributed by atoms with van der Waals surface area (Å²) in [5.41, 5.74) is 2.24. The Kier molecular flexibility index (Phi) is 4.13. The lowest BCUT2D eigenvalue weighted by Gasteiger charge is -2.02. The summed E-state index contributed by atoms with van der Waals surface area (Å²) in [4.78, 5) is 33.2. The van der Waals surface area contributed by atoms with Gasteiger partial charge in [-0.3, -0.25) is 4.79 Å². The fourth-order valence-electron chi connectivity index (χ4n) is 2.36. The van der Waals surface area contributed by atoms with Crippen LogP contribution >= 0.6 is 0 Å². The van der Waals surface area contributed by atoms with Gasteiger partial charge >= 0.3 is 11.9 Å². The Hall–Kier alpha value is -3.74. The van der Waals surface area contributed by atoms with Crippen molar-refractivity contribution in [3.8, 4) is 16.9 Å². The molecule has 1 aromatic heterocycles. The normalized spacial score (nSPS) is 10.4. The minimum Gasteiger partial charge on any atom is -0.478 e. The van der Waals surface area contributed by atoms with Crippen LogP contribution in [0.1, 0.15) is 31.1 Å². The van der Waals surface area contributed by atoms with Gasteiger partial charge in [0.05, 0.1) is 22.4 Å². The molecule has 0 fully saturated rings. The van der Waals surface area contributed by atoms with Crippen molar-refractivity contribution in [2.45, 2.75) is 0 Å². The highest BCUT2D eigenvalue weighted by atomic mass is 16.4. The van der Waals surface area contributed by atoms with Crippen molar-refractivity contribution < 1.29 is 24.6 Å². The lowest BCUT2D eigenvalue weighted by Crippen LogP contribution is -1.99. The highest BCUT2D eigenvalue weighted by molar-refractivity contribution is 5.90. The Morgan fingerprint density at radius 3 is 1.88 bits per heavy atom. The molecule has 0 aliphatic heterocycles. The van der Waals surface area contributed by atoms with Crippen LogP contribution in [-0.4, -0.2) is 38.2 Å². The van der Waals surface area contributed by atoms with Crippen LogP contribution in [0.3, 0.4) is 0 Å². The summed E-state index contributed by atoms with van der Waals surface area (Å²) in [7, 11) is 0. The third-order valence-electron chi connectivity index (χ3n) is 3.65. The third kappa shape index (κ3) is 3.16. The maximum absolute atomic E-state index is 11.3. The second-order valence-corrected chi connectivity index (χ2v) is 5.23. The van der Waals surface area contributed by atoms with Crippen molar-refractivity contribution in [2.75, 3.05) is 0 Å². The predicted octanol–water partition coefficient (Wildman–Crippen LogP) is 2.75. The number of carbonyl (C=O) groups excluding carboxylic acids is 1. The zero-order chi connectivity index (χ0) is 18.0. The number of aromatic nitrogens is 2. The number of aromatic carboxylic acids is 2. The summed E-state index contributed by atoms with van der Waals surface area (Å²) >= 11 is 0. The number of hydrogen-bond acceptors (Lipinski definition) is 4. The molecule has 0 radical (unpaired) electrons. The maximum atomic E-state index is 11.3. The van der Waals surface area contributed by atoms with Crippen molar-refractivity contribution in [1.29, 1.82) is 0 Å². The van der Waals surface area contributed by atoms with Gasteiger partial charge in [-0.1, -0.05) is 12.1 Å². The Morgan fingerprint density at radius 1 is 0.880 bits per heavy atom. The van der Waals surface area contributed by atoms with E-state index in [1.807, 2.05) is 0 Å². The van der Waals surface area contributed by atoms with E-state index in [1.54, 1.807) is 24.3 Å². The Bertz CT molecular complexity index is 956. The zero-order valence-electron chi connectivity index (χ0n) is 12.8. The molecular weight excluding hydrogens is 324 g/mol. The van der Waals surface area contributed by atoms with Crippen LogP contribution in [0.2, 0.25) is 0 Å². The molecule has 2 N–H and O–H groups in total. The molecule has 124 valence electrons. The SMILES string of the molecule is O=Cc1cn(-c2ccc(C(=O)O)cc2)nc1-c1ccc(C(=O)O)cc1. The molecular formula is C18H12N2O5. The lowest BCUT2D eigenvalue weighted by molar-refractivity contribution is 0.0686. The number of carboxylic acids is 2. The van der Waals surface area contributed by atoms with Crippen LogP contribution in [-0.2, 0) is 0 Å². The van der Waals surface area contributed by atoms with E-state index in [0.29, 0.717) is 28.8 Å². The molecule has 0 aliphatic carbocycles. The fraction of sp³-hybridized carbons (Fsp3) is 0. The summed E-state index contributed by atoms with van der Waals surface area (Å²) in [5.74, 6) is -2.06. The molecule has 0 atom stereocenters. The molecule has 0 bridgehead atoms. The van der Waals surface area contributed by atoms with E-state index in [9.17, 15) is 14.4 Å². The van der Waals surface area contributed by atoms with Crippen molar-refractivity contribution in [3.63, 3.8) is 0 Å². The van der Waals surface area contributed by atoms with E-state index in [4.69, 9.17) is 10.2 Å². The average Bonchev–Trinajstić information content (AvgIpc) is 3.06. The summed E-state index contributed by atoms with van der Waals surface area (Å²) in [6.07, 6.45) is 2.19. The van der Waals surface area contributed by atoms with Crippen LogP contribution in [0.5, 0.6) is 0 Å². The molecule has 3 rings (SSSR count). The summed E-state index contributed by atoms with van der Waals surface area (Å²) in [5, 5.41) is 22.2. The van der Waals surface area contributed by atoms with Crippen LogP contribution in [0.25, 0.3) is 16.9 Å². The van der Waals surface area contributed by atoms with Gasteiger partial charge in [0, 0.05) is 11.8 Å². The summed E-state index contributed by atoms with van der Waals surface area (Å²) < 4.78 is 1.47. The largest absolute Gasteiger partial charge is 0.478 e. The standard InChI is InChI=1S/C18H12N2O5/c21-10-14-9-20(15-7-5-13(6-8-15)18(24)25)19-16(14)11-1-3-12(4-2-11)17(22)23/h1-10H,(H,22,23)(H,24,25). The molecule has 0 unspecified atom stereocenters. The Labute approximate surface area is 141 Å². The van der Waals surface area contributed by atoms with E-state index < -0.39 is 11.9 Å². The maximum Gasteiger partial charge on any atom is 0.335 e. The molecule has 7 heteroatoms. The minimum atomic E-state index is -1.04. The second kappa shape index (κ2) is 6.40. The minimum absolute atomic E-state index is 0.139. The Morgan fingerprint density at radius 2 is 1.40 bits per heavy atom. The molecule has 25 heavy (non-hydrogen) atoms. The zero-order valence-corrected chi connectivity index (χ0v) is 12.8. The molecule has 0 aliphatic rings. The fourth-order valence-corrected chi connectivity index (χ4v) is 2.36. The lowest BCUT2D eigenvalue weighted by atomic mass is 10.1. The number of hydrogen-bond donors (Lipinski definition) is 2. The van der Waals surface area contributed by atoms with E-state index in [1.165, 1.54) is 35.1 Å². The topological polar surface area (TPSA) is 109 Å². The number of benzene rings is 2. The first kappa shape index (κ1) is 16.1. The smallest absolute Gasteiger partial charge is 0.335 e. The van der Waals surface area contributed by atoms with Crippen LogP contribution in [0, 0.1) is 0 Å². The number of rotatable bonds is 5. The first-order valence-electron chi connectivity index (χ1n) is 7.22. The number of carbonyl (C=O) groups is 3. The number of nitrogens with zero attached hydrogens (tertiary/aromatic N) is 2. The van der Waals surface area contributed by atoms with Gasteiger partial charge in [0.15, 0.2) is 6.29 Å². The van der Waals surface area contributed by atoms with E-state index >= 15 is 0 Å². The monoisotopic (exact) mass is 336 g/mol. The van der Waals surface area contributed by atoms with Crippen molar-refractivity contribution in [2.24, 2.45) is 0 Å². The molecule has 1 heterocycles. The van der Waals surface area contributed by atoms with E-state index in [-0.39, 0.29) is 11.1 Å². The molecule has 0 spiro atoms. The molecule has 2 aromatic carbocycles. The molecule has 0 amide bonds. The van der Waals surface area contributed by atoms with Crippen LogP contribution < -0.4 is 0 Å². The van der Waals surface area contributed by atoms with Gasteiger partial charge < -0.3 is 10.2 Å². The van der Waals surface area contributed by atoms with Crippen LogP contribution in [0.15, 0.2) is 54.7 Å². The first-order valence-corrected chi connectivity index (χ1v) is 7.22. The average molecular weight is 336 g/mol. The van der Waals surface area contributed by atoms with E-state index in [2.05, 4.69) is 5.10 Å². The van der Waals surface area contributed by atoms with Gasteiger partial charge in [-0.2, -0.15) is 5.10 Å². The number of carboxylic acid groups (broad SMARTS) is 2. The number of aldehydes is 1. The first-order chi connectivity index (χ1) is 12.0. The third-order valence-corrected chi connectivity index (χ3v) is 3.65. The molecule has 3 aromatic rings. The summed E-state index contributed by atoms with van der Waals surface area (Å²) in [6.45, 7) is 0. The van der Waals surface area contributed by atoms with Crippen molar-refractivity contribution >= 4 is 18.2 Å². The molecule has 0 saturated heterocycles. The van der Waals surface area contributed by atoms with E-state index in [0.717, 1.165) is 0 Å². The van der Waals surface area contributed by atoms with Crippen LogP contribution in [0.4, 0.5) is 0 Å². The van der Waals surface area contributed by atoms with Crippen molar-refractivity contribution in [1.82, 2.24) is 9.78 Å². The molecule has 7 nitrogen and oxygen atoms in total. The highest BCUT2D eigenvalue weighted by Crippen LogP contribution is 2.23. The van der Waals surface area contributed by atoms with Gasteiger partial charge in [0.2, 0.25) is 0 Å². The second-order valence-electron chi connectivity index (χ2n) is 5.23. The predicted molar refractivity (Wildman–Crippen MR) is 88.3 cm³/mol. The van der Waals surface area contributed by atoms with Gasteiger partial charge in [-0.15, -0.1) is 0 Å². The highest BCUT2D eigenvalue weighted by Gasteiger charge is 2.13. The van der Waals surface area contributed by atoms with Crippen molar-refractivity contribution in [3.05, 3.63) is 71.4 Å². The summed E-state index contributed by atoms with van der Waals surface area (Å²) in [6, 6.07) is 12.1.